The number of hydrogen-bond donors (Lipinski definition) is 7. The fraction of sp³-hybridized carbons (Fsp3) is 0.333. The van der Waals surface area contributed by atoms with Crippen molar-refractivity contribution in [3.63, 3.8) is 0 Å². The Bertz CT molecular complexity index is 313. The predicted octanol–water partition coefficient (Wildman–Crippen LogP) is -1.29. The average Bonchev–Trinajstić information content (AvgIpc) is 2.31. The van der Waals surface area contributed by atoms with E-state index >= 15 is 0 Å². The highest BCUT2D eigenvalue weighted by molar-refractivity contribution is 5.80. The third kappa shape index (κ3) is 31.3. The van der Waals surface area contributed by atoms with Gasteiger partial charge in [-0.3, -0.25) is 9.59 Å². The van der Waals surface area contributed by atoms with Gasteiger partial charge in [0.15, 0.2) is 12.7 Å². The van der Waals surface area contributed by atoms with Crippen molar-refractivity contribution < 1.29 is 19.8 Å². The molecule has 0 fully saturated rings. The van der Waals surface area contributed by atoms with Crippen molar-refractivity contribution in [3.05, 3.63) is 0 Å². The second-order valence-corrected chi connectivity index (χ2v) is 2.33. The lowest BCUT2D eigenvalue weighted by molar-refractivity contribution is -0.144. The Kier molecular flexibility index (Phi) is 19.6. The lowest BCUT2D eigenvalue weighted by atomic mass is 10.2. The van der Waals surface area contributed by atoms with Gasteiger partial charge in [0.2, 0.25) is 0 Å². The molecule has 0 bridgehead atoms. The molecule has 0 spiro atoms. The molecular weight excluding hydrogens is 262 g/mol. The molecule has 0 heterocycles. The first-order valence-electron chi connectivity index (χ1n) is 4.24. The maximum absolute atomic E-state index is 9.85. The monoisotopic (exact) mass is 277 g/mol. The van der Waals surface area contributed by atoms with E-state index < -0.39 is 24.4 Å². The fourth-order valence-corrected chi connectivity index (χ4v) is 0.342. The van der Waals surface area contributed by atoms with Crippen LogP contribution >= 0.6 is 0 Å². The van der Waals surface area contributed by atoms with Crippen LogP contribution < -0.4 is 17.4 Å². The first-order chi connectivity index (χ1) is 8.87. The van der Waals surface area contributed by atoms with E-state index in [0.29, 0.717) is 0 Å². The molecule has 108 valence electrons. The maximum Gasteiger partial charge on any atom is 0.321 e. The van der Waals surface area contributed by atoms with Crippen molar-refractivity contribution in [2.75, 3.05) is 0 Å². The van der Waals surface area contributed by atoms with E-state index in [1.807, 2.05) is 0 Å². The van der Waals surface area contributed by atoms with Gasteiger partial charge < -0.3 is 27.6 Å². The molecule has 10 N–H and O–H groups in total. The minimum atomic E-state index is -1.29. The molecular formula is C6H15N9O4. The highest BCUT2D eigenvalue weighted by Crippen LogP contribution is 1.86. The van der Waals surface area contributed by atoms with E-state index in [-0.39, 0.29) is 0 Å². The molecule has 0 saturated heterocycles. The summed E-state index contributed by atoms with van der Waals surface area (Å²) < 4.78 is 0. The summed E-state index contributed by atoms with van der Waals surface area (Å²) in [5.41, 5.74) is 16.8. The van der Waals surface area contributed by atoms with E-state index in [0.717, 1.165) is 12.7 Å². The summed E-state index contributed by atoms with van der Waals surface area (Å²) in [5, 5.41) is 27.2. The first-order valence-corrected chi connectivity index (χ1v) is 4.24. The van der Waals surface area contributed by atoms with Crippen molar-refractivity contribution in [2.45, 2.75) is 12.5 Å². The van der Waals surface area contributed by atoms with Crippen LogP contribution in [0.1, 0.15) is 6.42 Å². The van der Waals surface area contributed by atoms with Crippen molar-refractivity contribution in [1.82, 2.24) is 0 Å². The number of nitrogens with two attached hydrogens (primary N) is 3. The summed E-state index contributed by atoms with van der Waals surface area (Å²) in [4.78, 5) is 19.6. The van der Waals surface area contributed by atoms with E-state index in [9.17, 15) is 9.59 Å². The molecule has 0 aliphatic carbocycles. The largest absolute Gasteiger partial charge is 0.481 e. The zero-order chi connectivity index (χ0) is 15.7. The highest BCUT2D eigenvalue weighted by atomic mass is 16.4. The number of aliphatic carboxylic acids is 2. The molecule has 13 heteroatoms. The first kappa shape index (κ1) is 21.3. The van der Waals surface area contributed by atoms with E-state index in [4.69, 9.17) is 27.0 Å². The summed E-state index contributed by atoms with van der Waals surface area (Å²) in [6.45, 7) is 0. The Morgan fingerprint density at radius 1 is 1.11 bits per heavy atom. The lowest BCUT2D eigenvalue weighted by Gasteiger charge is -1.99. The van der Waals surface area contributed by atoms with Gasteiger partial charge in [-0.1, -0.05) is 0 Å². The van der Waals surface area contributed by atoms with Gasteiger partial charge in [0.05, 0.1) is 6.42 Å². The van der Waals surface area contributed by atoms with Crippen LogP contribution in [-0.4, -0.2) is 40.9 Å². The SMILES string of the molecule is N=NC=NN.N=NC=NN.NC(CC(=O)O)C(=O)O. The van der Waals surface area contributed by atoms with Crippen molar-refractivity contribution in [3.8, 4) is 0 Å². The second-order valence-electron chi connectivity index (χ2n) is 2.33. The Morgan fingerprint density at radius 3 is 1.53 bits per heavy atom. The molecule has 0 rings (SSSR count). The van der Waals surface area contributed by atoms with Crippen LogP contribution in [0.5, 0.6) is 0 Å². The molecule has 0 aromatic heterocycles. The molecule has 0 aliphatic rings. The van der Waals surface area contributed by atoms with Gasteiger partial charge in [-0.2, -0.15) is 10.2 Å². The molecule has 0 aromatic rings. The molecule has 0 radical (unpaired) electrons. The Labute approximate surface area is 107 Å². The van der Waals surface area contributed by atoms with Crippen molar-refractivity contribution >= 4 is 24.6 Å². The summed E-state index contributed by atoms with van der Waals surface area (Å²) in [6.07, 6.45) is 1.36. The number of carbonyl (C=O) groups is 2. The molecule has 0 saturated carbocycles. The van der Waals surface area contributed by atoms with Gasteiger partial charge in [-0.15, -0.1) is 10.2 Å². The third-order valence-electron chi connectivity index (χ3n) is 0.961. The van der Waals surface area contributed by atoms with Crippen LogP contribution in [0.3, 0.4) is 0 Å². The molecule has 0 aromatic carbocycles. The van der Waals surface area contributed by atoms with Gasteiger partial charge in [0.1, 0.15) is 6.04 Å². The smallest absolute Gasteiger partial charge is 0.321 e. The van der Waals surface area contributed by atoms with E-state index in [1.54, 1.807) is 0 Å². The zero-order valence-corrected chi connectivity index (χ0v) is 9.67. The van der Waals surface area contributed by atoms with Gasteiger partial charge in [0, 0.05) is 0 Å². The zero-order valence-electron chi connectivity index (χ0n) is 9.67. The molecule has 13 nitrogen and oxygen atoms in total. The van der Waals surface area contributed by atoms with Crippen LogP contribution in [0.4, 0.5) is 0 Å². The van der Waals surface area contributed by atoms with Gasteiger partial charge >= 0.3 is 11.9 Å². The Balaban J connectivity index is -0.000000219. The quantitative estimate of drug-likeness (QED) is 0.105. The predicted molar refractivity (Wildman–Crippen MR) is 63.5 cm³/mol. The minimum Gasteiger partial charge on any atom is -0.481 e. The highest BCUT2D eigenvalue weighted by Gasteiger charge is 2.14. The summed E-state index contributed by atoms with van der Waals surface area (Å²) in [5.74, 6) is 6.49. The van der Waals surface area contributed by atoms with E-state index in [1.165, 1.54) is 0 Å². The molecule has 19 heavy (non-hydrogen) atoms. The standard InChI is InChI=1S/C4H7NO4.2CH4N4/c5-2(4(8)9)1-3(6)7;2*2-4-1-5-3/h2H,1,5H2,(H,6,7)(H,8,9);2*1-2H,3H2. The number of nitrogens with one attached hydrogen (secondary N) is 2. The number of carboxylic acid groups (broad SMARTS) is 2. The van der Waals surface area contributed by atoms with Gasteiger partial charge in [0.25, 0.3) is 0 Å². The second kappa shape index (κ2) is 17.4. The molecule has 0 aliphatic heterocycles. The van der Waals surface area contributed by atoms with Crippen molar-refractivity contribution in [1.29, 1.82) is 11.1 Å². The molecule has 0 amide bonds. The van der Waals surface area contributed by atoms with Crippen LogP contribution in [0.25, 0.3) is 0 Å². The topological polar surface area (TPSA) is 250 Å². The minimum absolute atomic E-state index is 0.532. The molecule has 1 atom stereocenters. The number of nitrogens with zero attached hydrogens (tertiary/aromatic N) is 4. The molecule has 1 unspecified atom stereocenters. The summed E-state index contributed by atoms with van der Waals surface area (Å²) in [7, 11) is 0. The van der Waals surface area contributed by atoms with Crippen LogP contribution in [0, 0.1) is 11.1 Å². The third-order valence-corrected chi connectivity index (χ3v) is 0.961. The number of hydrogen-bond acceptors (Lipinski definition) is 9. The van der Waals surface area contributed by atoms with E-state index in [2.05, 4.69) is 32.1 Å². The number of carboxylic acids is 2. The van der Waals surface area contributed by atoms with Crippen LogP contribution in [0.2, 0.25) is 0 Å². The van der Waals surface area contributed by atoms with Crippen LogP contribution in [0.15, 0.2) is 20.4 Å². The van der Waals surface area contributed by atoms with Gasteiger partial charge in [-0.05, 0) is 0 Å². The summed E-state index contributed by atoms with van der Waals surface area (Å²) >= 11 is 0. The van der Waals surface area contributed by atoms with Gasteiger partial charge in [-0.25, -0.2) is 11.1 Å². The fourth-order valence-electron chi connectivity index (χ4n) is 0.342. The lowest BCUT2D eigenvalue weighted by Crippen LogP contribution is -2.32. The summed E-state index contributed by atoms with van der Waals surface area (Å²) in [6, 6.07) is -1.29. The maximum atomic E-state index is 9.85. The average molecular weight is 277 g/mol. The Morgan fingerprint density at radius 2 is 1.47 bits per heavy atom. The van der Waals surface area contributed by atoms with Crippen molar-refractivity contribution in [2.24, 2.45) is 37.9 Å². The normalized spacial score (nSPS) is 10.6. The number of rotatable bonds is 5. The van der Waals surface area contributed by atoms with Crippen LogP contribution in [-0.2, 0) is 9.59 Å². The Hall–Kier alpha value is -2.96. The number of hydrazone groups is 2.